The number of hydrogen-bond donors (Lipinski definition) is 1. The molecule has 33 heavy (non-hydrogen) atoms. The van der Waals surface area contributed by atoms with Gasteiger partial charge in [0.25, 0.3) is 5.91 Å². The highest BCUT2D eigenvalue weighted by atomic mass is 35.5. The van der Waals surface area contributed by atoms with Gasteiger partial charge in [-0.2, -0.15) is 4.31 Å². The Bertz CT molecular complexity index is 1300. The van der Waals surface area contributed by atoms with Crippen LogP contribution in [0.15, 0.2) is 65.6 Å². The Morgan fingerprint density at radius 1 is 1.12 bits per heavy atom. The van der Waals surface area contributed by atoms with Crippen LogP contribution in [0.25, 0.3) is 0 Å². The topological polar surface area (TPSA) is 75.7 Å². The summed E-state index contributed by atoms with van der Waals surface area (Å²) in [7, 11) is -3.95. The Morgan fingerprint density at radius 3 is 2.61 bits per heavy atom. The molecule has 1 heterocycles. The Kier molecular flexibility index (Phi) is 6.69. The summed E-state index contributed by atoms with van der Waals surface area (Å²) < 4.78 is 46.7. The third-order valence-corrected chi connectivity index (χ3v) is 7.50. The zero-order valence-corrected chi connectivity index (χ0v) is 19.4. The number of fused-ring (bicyclic) bond motifs is 1. The van der Waals surface area contributed by atoms with E-state index in [-0.39, 0.29) is 35.5 Å². The van der Waals surface area contributed by atoms with E-state index in [0.29, 0.717) is 23.4 Å². The number of carbonyl (C=O) groups is 1. The molecule has 172 valence electrons. The molecule has 0 aromatic heterocycles. The van der Waals surface area contributed by atoms with E-state index in [4.69, 9.17) is 16.3 Å². The third kappa shape index (κ3) is 5.19. The standard InChI is InChI=1S/C24H22ClFN2O4S/c1-16-2-4-17(5-3-16)14-27-24(29)18-6-9-23-19(12-18)15-28(10-11-32-23)33(30,31)20-7-8-22(26)21(25)13-20/h2-9,12-13H,10-11,14-15H2,1H3,(H,27,29). The van der Waals surface area contributed by atoms with Gasteiger partial charge < -0.3 is 10.1 Å². The van der Waals surface area contributed by atoms with Crippen LogP contribution in [0.3, 0.4) is 0 Å². The number of aryl methyl sites for hydroxylation is 1. The fraction of sp³-hybridized carbons (Fsp3) is 0.208. The zero-order valence-electron chi connectivity index (χ0n) is 17.8. The maximum Gasteiger partial charge on any atom is 0.251 e. The first kappa shape index (κ1) is 23.2. The predicted molar refractivity (Wildman–Crippen MR) is 123 cm³/mol. The van der Waals surface area contributed by atoms with Gasteiger partial charge >= 0.3 is 0 Å². The van der Waals surface area contributed by atoms with E-state index in [2.05, 4.69) is 5.32 Å². The van der Waals surface area contributed by atoms with Gasteiger partial charge in [-0.25, -0.2) is 12.8 Å². The first-order chi connectivity index (χ1) is 15.7. The highest BCUT2D eigenvalue weighted by Crippen LogP contribution is 2.29. The zero-order chi connectivity index (χ0) is 23.6. The molecule has 4 rings (SSSR count). The summed E-state index contributed by atoms with van der Waals surface area (Å²) in [5.41, 5.74) is 3.07. The van der Waals surface area contributed by atoms with E-state index in [1.165, 1.54) is 10.4 Å². The van der Waals surface area contributed by atoms with Crippen molar-refractivity contribution in [3.8, 4) is 5.75 Å². The molecule has 0 spiro atoms. The van der Waals surface area contributed by atoms with Crippen LogP contribution in [-0.4, -0.2) is 31.8 Å². The SMILES string of the molecule is Cc1ccc(CNC(=O)c2ccc3c(c2)CN(S(=O)(=O)c2ccc(F)c(Cl)c2)CCO3)cc1. The number of halogens is 2. The normalized spacial score (nSPS) is 14.2. The second-order valence-corrected chi connectivity index (χ2v) is 10.1. The summed E-state index contributed by atoms with van der Waals surface area (Å²) in [4.78, 5) is 12.6. The second kappa shape index (κ2) is 9.51. The van der Waals surface area contributed by atoms with E-state index in [1.807, 2.05) is 31.2 Å². The molecule has 0 saturated carbocycles. The molecule has 0 atom stereocenters. The molecule has 3 aromatic carbocycles. The van der Waals surface area contributed by atoms with Gasteiger partial charge in [0.1, 0.15) is 18.2 Å². The highest BCUT2D eigenvalue weighted by molar-refractivity contribution is 7.89. The molecule has 0 saturated heterocycles. The molecule has 0 radical (unpaired) electrons. The van der Waals surface area contributed by atoms with Crippen molar-refractivity contribution in [1.82, 2.24) is 9.62 Å². The van der Waals surface area contributed by atoms with Crippen LogP contribution < -0.4 is 10.1 Å². The lowest BCUT2D eigenvalue weighted by atomic mass is 10.1. The van der Waals surface area contributed by atoms with Gasteiger partial charge in [0.15, 0.2) is 0 Å². The minimum Gasteiger partial charge on any atom is -0.492 e. The van der Waals surface area contributed by atoms with E-state index >= 15 is 0 Å². The summed E-state index contributed by atoms with van der Waals surface area (Å²) >= 11 is 5.78. The van der Waals surface area contributed by atoms with Crippen LogP contribution in [0, 0.1) is 12.7 Å². The minimum absolute atomic E-state index is 0.00570. The van der Waals surface area contributed by atoms with Crippen LogP contribution in [0.2, 0.25) is 5.02 Å². The quantitative estimate of drug-likeness (QED) is 0.581. The molecule has 0 unspecified atom stereocenters. The first-order valence-electron chi connectivity index (χ1n) is 10.3. The molecular weight excluding hydrogens is 467 g/mol. The molecule has 1 aliphatic heterocycles. The van der Waals surface area contributed by atoms with Crippen LogP contribution in [0.5, 0.6) is 5.75 Å². The molecule has 1 amide bonds. The Labute approximate surface area is 197 Å². The van der Waals surface area contributed by atoms with Gasteiger partial charge in [-0.3, -0.25) is 4.79 Å². The molecule has 1 aliphatic rings. The van der Waals surface area contributed by atoms with Crippen LogP contribution in [0.1, 0.15) is 27.0 Å². The maximum atomic E-state index is 13.5. The first-order valence-corrected chi connectivity index (χ1v) is 12.1. The summed E-state index contributed by atoms with van der Waals surface area (Å²) in [5, 5.41) is 2.61. The number of rotatable bonds is 5. The lowest BCUT2D eigenvalue weighted by Gasteiger charge is -2.20. The average molecular weight is 489 g/mol. The van der Waals surface area contributed by atoms with Gasteiger partial charge in [0.05, 0.1) is 9.92 Å². The number of benzene rings is 3. The van der Waals surface area contributed by atoms with Crippen molar-refractivity contribution in [3.63, 3.8) is 0 Å². The van der Waals surface area contributed by atoms with Gasteiger partial charge in [-0.1, -0.05) is 41.4 Å². The van der Waals surface area contributed by atoms with Crippen molar-refractivity contribution < 1.29 is 22.3 Å². The molecule has 6 nitrogen and oxygen atoms in total. The van der Waals surface area contributed by atoms with Gasteiger partial charge in [0, 0.05) is 30.8 Å². The van der Waals surface area contributed by atoms with Gasteiger partial charge in [-0.05, 0) is 48.9 Å². The van der Waals surface area contributed by atoms with Crippen molar-refractivity contribution in [1.29, 1.82) is 0 Å². The molecule has 0 fully saturated rings. The van der Waals surface area contributed by atoms with Crippen LogP contribution in [0.4, 0.5) is 4.39 Å². The Morgan fingerprint density at radius 2 is 1.88 bits per heavy atom. The average Bonchev–Trinajstić information content (AvgIpc) is 3.02. The number of hydrogen-bond acceptors (Lipinski definition) is 4. The summed E-state index contributed by atoms with van der Waals surface area (Å²) in [6, 6.07) is 16.1. The second-order valence-electron chi connectivity index (χ2n) is 7.75. The maximum absolute atomic E-state index is 13.5. The Balaban J connectivity index is 1.53. The number of sulfonamides is 1. The number of nitrogens with one attached hydrogen (secondary N) is 1. The summed E-state index contributed by atoms with van der Waals surface area (Å²) in [5.74, 6) is -0.455. The van der Waals surface area contributed by atoms with Crippen molar-refractivity contribution in [2.45, 2.75) is 24.9 Å². The van der Waals surface area contributed by atoms with Gasteiger partial charge in [0.2, 0.25) is 10.0 Å². The number of amides is 1. The van der Waals surface area contributed by atoms with E-state index < -0.39 is 15.8 Å². The van der Waals surface area contributed by atoms with Crippen molar-refractivity contribution in [2.75, 3.05) is 13.2 Å². The molecular formula is C24H22ClFN2O4S. The van der Waals surface area contributed by atoms with Crippen molar-refractivity contribution >= 4 is 27.5 Å². The monoisotopic (exact) mass is 488 g/mol. The minimum atomic E-state index is -3.95. The van der Waals surface area contributed by atoms with Crippen LogP contribution >= 0.6 is 11.6 Å². The number of ether oxygens (including phenoxy) is 1. The van der Waals surface area contributed by atoms with Crippen molar-refractivity contribution in [2.24, 2.45) is 0 Å². The highest BCUT2D eigenvalue weighted by Gasteiger charge is 2.28. The Hall–Kier alpha value is -2.94. The van der Waals surface area contributed by atoms with E-state index in [9.17, 15) is 17.6 Å². The fourth-order valence-corrected chi connectivity index (χ4v) is 5.17. The van der Waals surface area contributed by atoms with Gasteiger partial charge in [-0.15, -0.1) is 0 Å². The number of nitrogens with zero attached hydrogens (tertiary/aromatic N) is 1. The molecule has 0 aliphatic carbocycles. The molecule has 1 N–H and O–H groups in total. The summed E-state index contributed by atoms with van der Waals surface area (Å²) in [6.07, 6.45) is 0. The summed E-state index contributed by atoms with van der Waals surface area (Å²) in [6.45, 7) is 2.61. The van der Waals surface area contributed by atoms with Crippen LogP contribution in [-0.2, 0) is 23.1 Å². The largest absolute Gasteiger partial charge is 0.492 e. The number of carbonyl (C=O) groups excluding carboxylic acids is 1. The van der Waals surface area contributed by atoms with E-state index in [1.54, 1.807) is 18.2 Å². The lowest BCUT2D eigenvalue weighted by molar-refractivity contribution is 0.0950. The van der Waals surface area contributed by atoms with E-state index in [0.717, 1.165) is 23.3 Å². The molecule has 9 heteroatoms. The predicted octanol–water partition coefficient (Wildman–Crippen LogP) is 4.30. The third-order valence-electron chi connectivity index (χ3n) is 5.37. The molecule has 3 aromatic rings. The lowest BCUT2D eigenvalue weighted by Crippen LogP contribution is -2.32. The van der Waals surface area contributed by atoms with Crippen molar-refractivity contribution in [3.05, 3.63) is 93.8 Å². The smallest absolute Gasteiger partial charge is 0.251 e. The fourth-order valence-electron chi connectivity index (χ4n) is 3.49. The molecule has 0 bridgehead atoms.